The van der Waals surface area contributed by atoms with Gasteiger partial charge in [-0.1, -0.05) is 39.8 Å². The standard InChI is InChI=1S/C16H25N3/c1-10(2)13(11(3)4)9-19-15-12(5)7-6-8-14(15)18-16(19)17/h6-8,10-11,13H,9H2,1-5H3,(H2,17,18). The summed E-state index contributed by atoms with van der Waals surface area (Å²) in [6.45, 7) is 12.2. The number of nitrogen functional groups attached to an aromatic ring is 1. The third kappa shape index (κ3) is 2.60. The van der Waals surface area contributed by atoms with Crippen LogP contribution in [-0.4, -0.2) is 9.55 Å². The summed E-state index contributed by atoms with van der Waals surface area (Å²) >= 11 is 0. The van der Waals surface area contributed by atoms with Crippen molar-refractivity contribution in [1.82, 2.24) is 9.55 Å². The van der Waals surface area contributed by atoms with E-state index in [9.17, 15) is 0 Å². The minimum Gasteiger partial charge on any atom is -0.369 e. The van der Waals surface area contributed by atoms with Crippen LogP contribution in [0.2, 0.25) is 0 Å². The number of nitrogens with zero attached hydrogens (tertiary/aromatic N) is 2. The summed E-state index contributed by atoms with van der Waals surface area (Å²) in [5.41, 5.74) is 9.56. The van der Waals surface area contributed by atoms with E-state index in [0.717, 1.165) is 12.1 Å². The Kier molecular flexibility index (Phi) is 3.83. The van der Waals surface area contributed by atoms with E-state index < -0.39 is 0 Å². The lowest BCUT2D eigenvalue weighted by Crippen LogP contribution is -2.22. The van der Waals surface area contributed by atoms with E-state index in [-0.39, 0.29) is 0 Å². The highest BCUT2D eigenvalue weighted by Crippen LogP contribution is 2.28. The molecule has 0 atom stereocenters. The van der Waals surface area contributed by atoms with Crippen LogP contribution >= 0.6 is 0 Å². The maximum absolute atomic E-state index is 6.12. The van der Waals surface area contributed by atoms with Crippen molar-refractivity contribution < 1.29 is 0 Å². The lowest BCUT2D eigenvalue weighted by Gasteiger charge is -2.26. The number of rotatable bonds is 4. The summed E-state index contributed by atoms with van der Waals surface area (Å²) in [6, 6.07) is 6.20. The van der Waals surface area contributed by atoms with E-state index in [1.165, 1.54) is 11.1 Å². The van der Waals surface area contributed by atoms with E-state index in [1.807, 2.05) is 12.1 Å². The van der Waals surface area contributed by atoms with E-state index in [0.29, 0.717) is 23.7 Å². The highest BCUT2D eigenvalue weighted by Gasteiger charge is 2.21. The first-order chi connectivity index (χ1) is 8.91. The number of hydrogen-bond acceptors (Lipinski definition) is 2. The lowest BCUT2D eigenvalue weighted by molar-refractivity contribution is 0.255. The Labute approximate surface area is 115 Å². The SMILES string of the molecule is Cc1cccc2nc(N)n(CC(C(C)C)C(C)C)c12. The molecule has 0 unspecified atom stereocenters. The van der Waals surface area contributed by atoms with Gasteiger partial charge < -0.3 is 10.3 Å². The van der Waals surface area contributed by atoms with Crippen LogP contribution in [0.4, 0.5) is 5.95 Å². The third-order valence-corrected chi connectivity index (χ3v) is 4.10. The smallest absolute Gasteiger partial charge is 0.201 e. The molecule has 104 valence electrons. The molecule has 2 aromatic rings. The van der Waals surface area contributed by atoms with Crippen LogP contribution < -0.4 is 5.73 Å². The second kappa shape index (κ2) is 5.24. The van der Waals surface area contributed by atoms with Crippen LogP contribution in [0.25, 0.3) is 11.0 Å². The maximum Gasteiger partial charge on any atom is 0.201 e. The van der Waals surface area contributed by atoms with Gasteiger partial charge in [-0.05, 0) is 36.3 Å². The summed E-state index contributed by atoms with van der Waals surface area (Å²) in [5.74, 6) is 2.52. The molecule has 1 aromatic heterocycles. The summed E-state index contributed by atoms with van der Waals surface area (Å²) < 4.78 is 2.19. The van der Waals surface area contributed by atoms with Crippen molar-refractivity contribution in [1.29, 1.82) is 0 Å². The molecule has 1 heterocycles. The van der Waals surface area contributed by atoms with Crippen LogP contribution in [0.5, 0.6) is 0 Å². The second-order valence-electron chi connectivity index (χ2n) is 6.18. The number of para-hydroxylation sites is 1. The number of aromatic nitrogens is 2. The highest BCUT2D eigenvalue weighted by molar-refractivity contribution is 5.81. The average molecular weight is 259 g/mol. The Bertz CT molecular complexity index is 559. The molecule has 1 aromatic carbocycles. The van der Waals surface area contributed by atoms with Gasteiger partial charge in [-0.3, -0.25) is 0 Å². The molecule has 0 saturated heterocycles. The van der Waals surface area contributed by atoms with Gasteiger partial charge in [0.1, 0.15) is 0 Å². The van der Waals surface area contributed by atoms with Crippen LogP contribution in [-0.2, 0) is 6.54 Å². The Hall–Kier alpha value is -1.51. The van der Waals surface area contributed by atoms with Crippen molar-refractivity contribution in [3.05, 3.63) is 23.8 Å². The topological polar surface area (TPSA) is 43.8 Å². The van der Waals surface area contributed by atoms with E-state index in [1.54, 1.807) is 0 Å². The van der Waals surface area contributed by atoms with Gasteiger partial charge in [0.15, 0.2) is 0 Å². The van der Waals surface area contributed by atoms with Crippen LogP contribution in [0.15, 0.2) is 18.2 Å². The molecule has 2 N–H and O–H groups in total. The van der Waals surface area contributed by atoms with Crippen molar-refractivity contribution in [3.8, 4) is 0 Å². The molecule has 0 aliphatic heterocycles. The summed E-state index contributed by atoms with van der Waals surface area (Å²) in [5, 5.41) is 0. The molecule has 0 aliphatic rings. The zero-order valence-corrected chi connectivity index (χ0v) is 12.6. The first kappa shape index (κ1) is 13.9. The van der Waals surface area contributed by atoms with Crippen LogP contribution in [0.3, 0.4) is 0 Å². The molecule has 0 fully saturated rings. The number of benzene rings is 1. The Morgan fingerprint density at radius 1 is 1.16 bits per heavy atom. The van der Waals surface area contributed by atoms with Crippen molar-refractivity contribution in [2.45, 2.75) is 41.2 Å². The Morgan fingerprint density at radius 3 is 2.37 bits per heavy atom. The maximum atomic E-state index is 6.12. The predicted octanol–water partition coefficient (Wildman–Crippen LogP) is 3.86. The van der Waals surface area contributed by atoms with Crippen LogP contribution in [0.1, 0.15) is 33.3 Å². The number of imidazole rings is 1. The third-order valence-electron chi connectivity index (χ3n) is 4.10. The van der Waals surface area contributed by atoms with Crippen molar-refractivity contribution >= 4 is 17.0 Å². The van der Waals surface area contributed by atoms with Gasteiger partial charge in [-0.2, -0.15) is 0 Å². The molecule has 0 spiro atoms. The molecule has 0 aliphatic carbocycles. The van der Waals surface area contributed by atoms with E-state index in [2.05, 4.69) is 50.2 Å². The van der Waals surface area contributed by atoms with Gasteiger partial charge in [-0.15, -0.1) is 0 Å². The fourth-order valence-electron chi connectivity index (χ4n) is 2.97. The molecule has 3 heteroatoms. The van der Waals surface area contributed by atoms with E-state index >= 15 is 0 Å². The van der Waals surface area contributed by atoms with Gasteiger partial charge in [0.25, 0.3) is 0 Å². The van der Waals surface area contributed by atoms with Gasteiger partial charge in [0, 0.05) is 6.54 Å². The summed E-state index contributed by atoms with van der Waals surface area (Å²) in [7, 11) is 0. The fraction of sp³-hybridized carbons (Fsp3) is 0.562. The molecule has 3 nitrogen and oxygen atoms in total. The molecule has 0 saturated carbocycles. The molecule has 0 amide bonds. The predicted molar refractivity (Wildman–Crippen MR) is 82.0 cm³/mol. The van der Waals surface area contributed by atoms with Gasteiger partial charge >= 0.3 is 0 Å². The summed E-state index contributed by atoms with van der Waals surface area (Å²) in [4.78, 5) is 4.49. The normalized spacial score (nSPS) is 12.2. The number of hydrogen-bond donors (Lipinski definition) is 1. The zero-order valence-electron chi connectivity index (χ0n) is 12.6. The van der Waals surface area contributed by atoms with Gasteiger partial charge in [0.2, 0.25) is 5.95 Å². The number of aryl methyl sites for hydroxylation is 1. The lowest BCUT2D eigenvalue weighted by atomic mass is 9.85. The minimum atomic E-state index is 0.610. The van der Waals surface area contributed by atoms with Crippen LogP contribution in [0, 0.1) is 24.7 Å². The van der Waals surface area contributed by atoms with Crippen molar-refractivity contribution in [2.24, 2.45) is 17.8 Å². The first-order valence-corrected chi connectivity index (χ1v) is 7.13. The van der Waals surface area contributed by atoms with Crippen molar-refractivity contribution in [2.75, 3.05) is 5.73 Å². The molecule has 0 radical (unpaired) electrons. The molecule has 19 heavy (non-hydrogen) atoms. The van der Waals surface area contributed by atoms with E-state index in [4.69, 9.17) is 5.73 Å². The van der Waals surface area contributed by atoms with Gasteiger partial charge in [-0.25, -0.2) is 4.98 Å². The highest BCUT2D eigenvalue weighted by atomic mass is 15.2. The molecule has 0 bridgehead atoms. The largest absolute Gasteiger partial charge is 0.369 e. The van der Waals surface area contributed by atoms with Crippen molar-refractivity contribution in [3.63, 3.8) is 0 Å². The summed E-state index contributed by atoms with van der Waals surface area (Å²) in [6.07, 6.45) is 0. The number of anilines is 1. The average Bonchev–Trinajstić information content (AvgIpc) is 2.62. The Morgan fingerprint density at radius 2 is 1.79 bits per heavy atom. The number of fused-ring (bicyclic) bond motifs is 1. The van der Waals surface area contributed by atoms with Gasteiger partial charge in [0.05, 0.1) is 11.0 Å². The second-order valence-corrected chi connectivity index (χ2v) is 6.18. The molecular weight excluding hydrogens is 234 g/mol. The molecule has 2 rings (SSSR count). The first-order valence-electron chi connectivity index (χ1n) is 7.13. The zero-order chi connectivity index (χ0) is 14.2. The number of nitrogens with two attached hydrogens (primary N) is 1. The quantitative estimate of drug-likeness (QED) is 0.906. The minimum absolute atomic E-state index is 0.610. The Balaban J connectivity index is 2.47. The monoisotopic (exact) mass is 259 g/mol. The molecular formula is C16H25N3. The fourth-order valence-corrected chi connectivity index (χ4v) is 2.97.